The number of aromatic nitrogens is 5. The van der Waals surface area contributed by atoms with Crippen molar-refractivity contribution in [1.82, 2.24) is 24.6 Å². The Labute approximate surface area is 197 Å². The summed E-state index contributed by atoms with van der Waals surface area (Å²) in [5, 5.41) is 17.5. The second kappa shape index (κ2) is 9.36. The molecule has 176 valence electrons. The number of hydrogen-bond donors (Lipinski definition) is 2. The number of aliphatic hydroxyl groups is 1. The Balaban J connectivity index is 1.38. The molecule has 0 spiro atoms. The number of ether oxygens (including phenoxy) is 2. The number of pyridine rings is 2. The molecule has 9 nitrogen and oxygen atoms in total. The zero-order valence-corrected chi connectivity index (χ0v) is 19.5. The third kappa shape index (κ3) is 5.00. The quantitative estimate of drug-likeness (QED) is 0.448. The van der Waals surface area contributed by atoms with Crippen LogP contribution in [0.25, 0.3) is 16.6 Å². The summed E-state index contributed by atoms with van der Waals surface area (Å²) in [5.41, 5.74) is 4.71. The Hall–Kier alpha value is -3.56. The van der Waals surface area contributed by atoms with Gasteiger partial charge in [0.1, 0.15) is 24.0 Å². The number of aliphatic hydroxyl groups excluding tert-OH is 1. The Morgan fingerprint density at radius 1 is 1.09 bits per heavy atom. The average molecular weight is 461 g/mol. The van der Waals surface area contributed by atoms with Crippen LogP contribution in [-0.4, -0.2) is 55.1 Å². The summed E-state index contributed by atoms with van der Waals surface area (Å²) in [6.45, 7) is 6.55. The number of hydrogen-bond acceptors (Lipinski definition) is 8. The standard InChI is InChI=1S/C25H28N6O3/c1-15-8-22(23(12-26-15)34-14-21-5-4-20(32)13-33-21)18-6-7-31-19(10-18)11-25(30-31)29-24-9-16(2)27-17(3)28-24/h6-12,20-21,32H,4-5,13-14H2,1-3H3,(H,27,28,29,30)/t20-,21-/m1/s1. The van der Waals surface area contributed by atoms with Crippen LogP contribution in [0.1, 0.15) is 30.1 Å². The maximum Gasteiger partial charge on any atom is 0.154 e. The van der Waals surface area contributed by atoms with E-state index in [4.69, 9.17) is 9.47 Å². The van der Waals surface area contributed by atoms with Crippen LogP contribution in [0.4, 0.5) is 11.6 Å². The van der Waals surface area contributed by atoms with E-state index in [1.165, 1.54) is 0 Å². The van der Waals surface area contributed by atoms with Crippen LogP contribution in [0.3, 0.4) is 0 Å². The van der Waals surface area contributed by atoms with E-state index in [-0.39, 0.29) is 12.2 Å². The van der Waals surface area contributed by atoms with Crippen molar-refractivity contribution < 1.29 is 14.6 Å². The van der Waals surface area contributed by atoms with Crippen LogP contribution < -0.4 is 10.1 Å². The van der Waals surface area contributed by atoms with Crippen LogP contribution in [0.2, 0.25) is 0 Å². The summed E-state index contributed by atoms with van der Waals surface area (Å²) < 4.78 is 13.6. The summed E-state index contributed by atoms with van der Waals surface area (Å²) in [4.78, 5) is 13.2. The van der Waals surface area contributed by atoms with Crippen molar-refractivity contribution in [2.75, 3.05) is 18.5 Å². The first kappa shape index (κ1) is 22.2. The molecule has 0 aromatic carbocycles. The van der Waals surface area contributed by atoms with E-state index in [9.17, 15) is 5.11 Å². The number of anilines is 2. The Morgan fingerprint density at radius 2 is 1.97 bits per heavy atom. The van der Waals surface area contributed by atoms with E-state index >= 15 is 0 Å². The van der Waals surface area contributed by atoms with Crippen molar-refractivity contribution in [2.45, 2.75) is 45.8 Å². The van der Waals surface area contributed by atoms with E-state index in [1.54, 1.807) is 6.20 Å². The van der Waals surface area contributed by atoms with Crippen LogP contribution in [0, 0.1) is 20.8 Å². The molecular weight excluding hydrogens is 432 g/mol. The average Bonchev–Trinajstić information content (AvgIpc) is 3.20. The fraction of sp³-hybridized carbons (Fsp3) is 0.360. The van der Waals surface area contributed by atoms with Gasteiger partial charge in [-0.15, -0.1) is 0 Å². The van der Waals surface area contributed by atoms with Crippen LogP contribution in [-0.2, 0) is 4.74 Å². The molecule has 2 atom stereocenters. The Kier molecular flexibility index (Phi) is 6.12. The molecule has 1 saturated heterocycles. The Bertz CT molecular complexity index is 1290. The molecule has 0 unspecified atom stereocenters. The van der Waals surface area contributed by atoms with E-state index < -0.39 is 0 Å². The molecule has 5 rings (SSSR count). The lowest BCUT2D eigenvalue weighted by Gasteiger charge is -2.26. The fourth-order valence-corrected chi connectivity index (χ4v) is 4.13. The summed E-state index contributed by atoms with van der Waals surface area (Å²) in [6.07, 6.45) is 4.79. The van der Waals surface area contributed by atoms with E-state index in [2.05, 4.69) is 31.4 Å². The van der Waals surface area contributed by atoms with Crippen molar-refractivity contribution in [2.24, 2.45) is 0 Å². The zero-order valence-electron chi connectivity index (χ0n) is 19.5. The maximum atomic E-state index is 9.64. The third-order valence-electron chi connectivity index (χ3n) is 5.77. The predicted molar refractivity (Wildman–Crippen MR) is 128 cm³/mol. The number of rotatable bonds is 6. The zero-order chi connectivity index (χ0) is 23.7. The van der Waals surface area contributed by atoms with Crippen LogP contribution in [0.15, 0.2) is 42.7 Å². The summed E-state index contributed by atoms with van der Waals surface area (Å²) in [5.74, 6) is 2.83. The Morgan fingerprint density at radius 3 is 2.76 bits per heavy atom. The monoisotopic (exact) mass is 460 g/mol. The SMILES string of the molecule is Cc1cc(-c2ccn3nc(Nc4cc(C)nc(C)n4)cc3c2)c(OC[C@H]2CC[C@@H](O)CO2)cn1. The summed E-state index contributed by atoms with van der Waals surface area (Å²) >= 11 is 0. The summed E-state index contributed by atoms with van der Waals surface area (Å²) in [7, 11) is 0. The molecule has 0 bridgehead atoms. The van der Waals surface area contributed by atoms with Crippen molar-refractivity contribution in [3.63, 3.8) is 0 Å². The van der Waals surface area contributed by atoms with Gasteiger partial charge in [0.2, 0.25) is 0 Å². The lowest BCUT2D eigenvalue weighted by Crippen LogP contribution is -2.33. The highest BCUT2D eigenvalue weighted by Crippen LogP contribution is 2.32. The number of fused-ring (bicyclic) bond motifs is 1. The largest absolute Gasteiger partial charge is 0.489 e. The minimum Gasteiger partial charge on any atom is -0.489 e. The van der Waals surface area contributed by atoms with Gasteiger partial charge in [-0.2, -0.15) is 5.10 Å². The van der Waals surface area contributed by atoms with E-state index in [0.29, 0.717) is 36.4 Å². The van der Waals surface area contributed by atoms with Gasteiger partial charge in [-0.1, -0.05) is 0 Å². The van der Waals surface area contributed by atoms with Gasteiger partial charge < -0.3 is 19.9 Å². The molecule has 0 amide bonds. The van der Waals surface area contributed by atoms with Crippen LogP contribution >= 0.6 is 0 Å². The first-order chi connectivity index (χ1) is 16.4. The first-order valence-electron chi connectivity index (χ1n) is 11.4. The molecule has 4 aromatic rings. The molecule has 0 radical (unpaired) electrons. The van der Waals surface area contributed by atoms with Gasteiger partial charge in [-0.3, -0.25) is 4.98 Å². The second-order valence-electron chi connectivity index (χ2n) is 8.70. The molecule has 0 aliphatic carbocycles. The first-order valence-corrected chi connectivity index (χ1v) is 11.4. The highest BCUT2D eigenvalue weighted by Gasteiger charge is 2.21. The molecule has 1 fully saturated rings. The smallest absolute Gasteiger partial charge is 0.154 e. The second-order valence-corrected chi connectivity index (χ2v) is 8.70. The maximum absolute atomic E-state index is 9.64. The molecular formula is C25H28N6O3. The minimum atomic E-state index is -0.378. The van der Waals surface area contributed by atoms with E-state index in [1.807, 2.05) is 55.7 Å². The van der Waals surface area contributed by atoms with Crippen molar-refractivity contribution in [3.8, 4) is 16.9 Å². The number of nitrogens with one attached hydrogen (secondary N) is 1. The van der Waals surface area contributed by atoms with Crippen molar-refractivity contribution in [3.05, 3.63) is 59.9 Å². The van der Waals surface area contributed by atoms with Gasteiger partial charge in [0.15, 0.2) is 5.82 Å². The highest BCUT2D eigenvalue weighted by atomic mass is 16.5. The fourth-order valence-electron chi connectivity index (χ4n) is 4.13. The number of aryl methyl sites for hydroxylation is 3. The molecule has 5 heterocycles. The molecule has 1 aliphatic heterocycles. The molecule has 9 heteroatoms. The van der Waals surface area contributed by atoms with Crippen molar-refractivity contribution >= 4 is 17.2 Å². The van der Waals surface area contributed by atoms with E-state index in [0.717, 1.165) is 40.9 Å². The molecule has 2 N–H and O–H groups in total. The van der Waals surface area contributed by atoms with Gasteiger partial charge >= 0.3 is 0 Å². The van der Waals surface area contributed by atoms with Gasteiger partial charge in [-0.25, -0.2) is 14.5 Å². The van der Waals surface area contributed by atoms with Gasteiger partial charge in [0, 0.05) is 35.3 Å². The predicted octanol–water partition coefficient (Wildman–Crippen LogP) is 3.77. The van der Waals surface area contributed by atoms with Gasteiger partial charge in [-0.05, 0) is 57.4 Å². The third-order valence-corrected chi connectivity index (χ3v) is 5.77. The summed E-state index contributed by atoms with van der Waals surface area (Å²) in [6, 6.07) is 9.98. The highest BCUT2D eigenvalue weighted by molar-refractivity contribution is 5.75. The van der Waals surface area contributed by atoms with Crippen molar-refractivity contribution in [1.29, 1.82) is 0 Å². The molecule has 0 saturated carbocycles. The molecule has 34 heavy (non-hydrogen) atoms. The minimum absolute atomic E-state index is 0.0300. The number of nitrogens with zero attached hydrogens (tertiary/aromatic N) is 5. The van der Waals surface area contributed by atoms with Gasteiger partial charge in [0.25, 0.3) is 0 Å². The lowest BCUT2D eigenvalue weighted by atomic mass is 10.1. The molecule has 4 aromatic heterocycles. The van der Waals surface area contributed by atoms with Gasteiger partial charge in [0.05, 0.1) is 30.5 Å². The topological polar surface area (TPSA) is 107 Å². The molecule has 1 aliphatic rings. The normalized spacial score (nSPS) is 18.2. The lowest BCUT2D eigenvalue weighted by molar-refractivity contribution is -0.0696. The van der Waals surface area contributed by atoms with Crippen LogP contribution in [0.5, 0.6) is 5.75 Å².